The largest absolute Gasteiger partial charge is 0.433 e. The maximum Gasteiger partial charge on any atom is 0.433 e. The van der Waals surface area contributed by atoms with Crippen molar-refractivity contribution >= 4 is 22.9 Å². The Bertz CT molecular complexity index is 894. The lowest BCUT2D eigenvalue weighted by Gasteiger charge is -2.04. The van der Waals surface area contributed by atoms with Crippen LogP contribution in [0.1, 0.15) is 16.2 Å². The highest BCUT2D eigenvalue weighted by atomic mass is 19.4. The van der Waals surface area contributed by atoms with Crippen molar-refractivity contribution in [2.75, 3.05) is 5.32 Å². The highest BCUT2D eigenvalue weighted by molar-refractivity contribution is 6.02. The van der Waals surface area contributed by atoms with Gasteiger partial charge in [0.25, 0.3) is 5.91 Å². The van der Waals surface area contributed by atoms with Gasteiger partial charge in [-0.25, -0.2) is 4.98 Å². The van der Waals surface area contributed by atoms with Crippen molar-refractivity contribution in [3.05, 3.63) is 41.7 Å². The first-order valence-electron chi connectivity index (χ1n) is 6.61. The van der Waals surface area contributed by atoms with Gasteiger partial charge in [0.1, 0.15) is 5.69 Å². The lowest BCUT2D eigenvalue weighted by atomic mass is 10.3. The van der Waals surface area contributed by atoms with Gasteiger partial charge in [-0.05, 0) is 12.1 Å². The van der Waals surface area contributed by atoms with Gasteiger partial charge in [0.05, 0.1) is 11.0 Å². The summed E-state index contributed by atoms with van der Waals surface area (Å²) < 4.78 is 40.5. The Hall–Kier alpha value is -2.84. The Morgan fingerprint density at radius 3 is 2.52 bits per heavy atom. The first-order valence-corrected chi connectivity index (χ1v) is 6.61. The number of hydrogen-bond donors (Lipinski definition) is 1. The molecule has 0 spiro atoms. The second-order valence-electron chi connectivity index (χ2n) is 4.97. The van der Waals surface area contributed by atoms with Crippen LogP contribution in [0.15, 0.2) is 30.3 Å². The number of amides is 1. The fourth-order valence-electron chi connectivity index (χ4n) is 2.27. The number of rotatable bonds is 2. The Kier molecular flexibility index (Phi) is 3.35. The molecular formula is C14H12F3N5O. The Balaban J connectivity index is 1.91. The van der Waals surface area contributed by atoms with Crippen molar-refractivity contribution in [1.82, 2.24) is 19.3 Å². The fraction of sp³-hybridized carbons (Fsp3) is 0.214. The van der Waals surface area contributed by atoms with E-state index in [4.69, 9.17) is 0 Å². The minimum Gasteiger partial charge on any atom is -0.313 e. The molecule has 1 aromatic carbocycles. The van der Waals surface area contributed by atoms with Crippen LogP contribution in [0.5, 0.6) is 0 Å². The van der Waals surface area contributed by atoms with Gasteiger partial charge in [0, 0.05) is 20.2 Å². The van der Waals surface area contributed by atoms with Crippen molar-refractivity contribution in [2.24, 2.45) is 14.1 Å². The van der Waals surface area contributed by atoms with Crippen LogP contribution in [0, 0.1) is 0 Å². The number of carbonyl (C=O) groups excluding carboxylic acids is 1. The molecule has 0 unspecified atom stereocenters. The molecule has 1 amide bonds. The van der Waals surface area contributed by atoms with E-state index >= 15 is 0 Å². The SMILES string of the molecule is Cn1nc(C(=O)Nc2nc3ccccc3n2C)cc1C(F)(F)F. The predicted molar refractivity (Wildman–Crippen MR) is 76.9 cm³/mol. The molecule has 0 atom stereocenters. The van der Waals surface area contributed by atoms with Crippen LogP contribution in [-0.4, -0.2) is 25.2 Å². The van der Waals surface area contributed by atoms with Crippen LogP contribution in [-0.2, 0) is 20.3 Å². The van der Waals surface area contributed by atoms with Gasteiger partial charge in [-0.15, -0.1) is 0 Å². The molecule has 0 saturated carbocycles. The minimum atomic E-state index is -4.57. The normalized spacial score (nSPS) is 11.9. The minimum absolute atomic E-state index is 0.232. The van der Waals surface area contributed by atoms with Crippen LogP contribution in [0.4, 0.5) is 19.1 Å². The third-order valence-corrected chi connectivity index (χ3v) is 3.42. The fourth-order valence-corrected chi connectivity index (χ4v) is 2.27. The third-order valence-electron chi connectivity index (χ3n) is 3.42. The van der Waals surface area contributed by atoms with E-state index in [0.717, 1.165) is 12.6 Å². The molecule has 0 saturated heterocycles. The average molecular weight is 323 g/mol. The van der Waals surface area contributed by atoms with Gasteiger partial charge < -0.3 is 4.57 Å². The quantitative estimate of drug-likeness (QED) is 0.788. The van der Waals surface area contributed by atoms with Gasteiger partial charge in [0.15, 0.2) is 5.69 Å². The number of para-hydroxylation sites is 2. The molecule has 0 fully saturated rings. The number of carbonyl (C=O) groups is 1. The van der Waals surface area contributed by atoms with E-state index in [1.165, 1.54) is 0 Å². The first-order chi connectivity index (χ1) is 10.8. The Morgan fingerprint density at radius 2 is 1.91 bits per heavy atom. The van der Waals surface area contributed by atoms with Crippen LogP contribution in [0.25, 0.3) is 11.0 Å². The molecule has 0 aliphatic heterocycles. The predicted octanol–water partition coefficient (Wildman–Crippen LogP) is 2.58. The van der Waals surface area contributed by atoms with Crippen LogP contribution in [0.2, 0.25) is 0 Å². The number of imidazole rings is 1. The summed E-state index contributed by atoms with van der Waals surface area (Å²) in [5.74, 6) is -0.523. The van der Waals surface area contributed by atoms with E-state index < -0.39 is 17.8 Å². The molecule has 0 radical (unpaired) electrons. The summed E-state index contributed by atoms with van der Waals surface area (Å²) >= 11 is 0. The summed E-state index contributed by atoms with van der Waals surface area (Å²) in [6, 6.07) is 7.92. The molecule has 0 bridgehead atoms. The number of anilines is 1. The van der Waals surface area contributed by atoms with Crippen molar-refractivity contribution in [3.63, 3.8) is 0 Å². The average Bonchev–Trinajstić information content (AvgIpc) is 3.01. The summed E-state index contributed by atoms with van der Waals surface area (Å²) in [5, 5.41) is 6.08. The second-order valence-corrected chi connectivity index (χ2v) is 4.97. The molecule has 2 aromatic heterocycles. The van der Waals surface area contributed by atoms with Gasteiger partial charge in [-0.1, -0.05) is 12.1 Å². The molecular weight excluding hydrogens is 311 g/mol. The van der Waals surface area contributed by atoms with Crippen molar-refractivity contribution < 1.29 is 18.0 Å². The lowest BCUT2D eigenvalue weighted by molar-refractivity contribution is -0.143. The van der Waals surface area contributed by atoms with Gasteiger partial charge in [0.2, 0.25) is 5.95 Å². The Labute approximate surface area is 128 Å². The van der Waals surface area contributed by atoms with E-state index in [1.807, 2.05) is 12.1 Å². The van der Waals surface area contributed by atoms with Crippen molar-refractivity contribution in [3.8, 4) is 0 Å². The zero-order valence-electron chi connectivity index (χ0n) is 12.2. The topological polar surface area (TPSA) is 64.7 Å². The van der Waals surface area contributed by atoms with E-state index in [1.54, 1.807) is 23.7 Å². The van der Waals surface area contributed by atoms with Crippen molar-refractivity contribution in [2.45, 2.75) is 6.18 Å². The number of alkyl halides is 3. The highest BCUT2D eigenvalue weighted by Gasteiger charge is 2.35. The second kappa shape index (κ2) is 5.11. The zero-order chi connectivity index (χ0) is 16.8. The number of aromatic nitrogens is 4. The summed E-state index contributed by atoms with van der Waals surface area (Å²) in [4.78, 5) is 16.4. The number of benzene rings is 1. The smallest absolute Gasteiger partial charge is 0.313 e. The number of halogens is 3. The maximum atomic E-state index is 12.7. The summed E-state index contributed by atoms with van der Waals surface area (Å²) in [6.45, 7) is 0. The molecule has 3 rings (SSSR count). The molecule has 2 heterocycles. The van der Waals surface area contributed by atoms with Gasteiger partial charge in [-0.2, -0.15) is 18.3 Å². The van der Waals surface area contributed by atoms with Crippen molar-refractivity contribution in [1.29, 1.82) is 0 Å². The highest BCUT2D eigenvalue weighted by Crippen LogP contribution is 2.29. The number of nitrogens with zero attached hydrogens (tertiary/aromatic N) is 4. The molecule has 1 N–H and O–H groups in total. The summed E-state index contributed by atoms with van der Waals surface area (Å²) in [5.41, 5.74) is 0.140. The van der Waals surface area contributed by atoms with E-state index in [9.17, 15) is 18.0 Å². The molecule has 120 valence electrons. The van der Waals surface area contributed by atoms with Gasteiger partial charge in [-0.3, -0.25) is 14.8 Å². The van der Waals surface area contributed by atoms with Crippen LogP contribution < -0.4 is 5.32 Å². The number of aryl methyl sites for hydroxylation is 2. The number of nitrogens with one attached hydrogen (secondary N) is 1. The Morgan fingerprint density at radius 1 is 1.22 bits per heavy atom. The third kappa shape index (κ3) is 2.65. The van der Waals surface area contributed by atoms with Crippen LogP contribution >= 0.6 is 0 Å². The summed E-state index contributed by atoms with van der Waals surface area (Å²) in [6.07, 6.45) is -4.57. The van der Waals surface area contributed by atoms with Gasteiger partial charge >= 0.3 is 6.18 Å². The molecule has 6 nitrogen and oxygen atoms in total. The first kappa shape index (κ1) is 15.1. The molecule has 23 heavy (non-hydrogen) atoms. The lowest BCUT2D eigenvalue weighted by Crippen LogP contribution is -2.15. The van der Waals surface area contributed by atoms with Crippen LogP contribution in [0.3, 0.4) is 0 Å². The summed E-state index contributed by atoms with van der Waals surface area (Å²) in [7, 11) is 2.83. The molecule has 0 aliphatic rings. The number of hydrogen-bond acceptors (Lipinski definition) is 3. The standard InChI is InChI=1S/C14H12F3N5O/c1-21-10-6-4-3-5-8(10)18-13(21)19-12(23)9-7-11(14(15,16)17)22(2)20-9/h3-7H,1-2H3,(H,18,19,23). The maximum absolute atomic E-state index is 12.7. The number of fused-ring (bicyclic) bond motifs is 1. The van der Waals surface area contributed by atoms with E-state index in [0.29, 0.717) is 16.3 Å². The zero-order valence-corrected chi connectivity index (χ0v) is 12.2. The molecule has 9 heteroatoms. The van der Waals surface area contributed by atoms with E-state index in [-0.39, 0.29) is 11.6 Å². The molecule has 0 aliphatic carbocycles. The monoisotopic (exact) mass is 323 g/mol. The molecule has 3 aromatic rings. The van der Waals surface area contributed by atoms with E-state index in [2.05, 4.69) is 15.4 Å².